The molecule has 1 aromatic heterocycles. The normalized spacial score (nSPS) is 27.1. The number of aryl methyl sites for hydroxylation is 2. The fraction of sp³-hybridized carbons (Fsp3) is 0.478. The Morgan fingerprint density at radius 3 is 2.67 bits per heavy atom. The summed E-state index contributed by atoms with van der Waals surface area (Å²) < 4.78 is 16.9. The van der Waals surface area contributed by atoms with E-state index in [-0.39, 0.29) is 24.7 Å². The van der Waals surface area contributed by atoms with E-state index in [1.54, 1.807) is 18.2 Å². The van der Waals surface area contributed by atoms with Gasteiger partial charge in [-0.3, -0.25) is 9.78 Å². The highest BCUT2D eigenvalue weighted by molar-refractivity contribution is 5.95. The largest absolute Gasteiger partial charge is 0.486 e. The van der Waals surface area contributed by atoms with Crippen LogP contribution in [0.25, 0.3) is 0 Å². The zero-order chi connectivity index (χ0) is 20.8. The number of rotatable bonds is 3. The molecule has 2 aromatic rings. The third kappa shape index (κ3) is 3.47. The molecule has 2 aliphatic heterocycles. The standard InChI is InChI=1S/C23H26N2O5/c1-13-3-5-19(14(2)24-13)30-21-9-17-11-25(10-16(17)7-18(21)26)23(27)15-4-6-20-22(8-15)29-12-28-20/h3-6,8,16-18,21,26H,7,9-12H2,1-2H3/t16-,17+,18+,21+/m0/s1. The minimum absolute atomic E-state index is 0.00626. The Balaban J connectivity index is 1.27. The number of aliphatic hydroxyl groups excluding tert-OH is 1. The Labute approximate surface area is 175 Å². The molecule has 0 bridgehead atoms. The molecule has 158 valence electrons. The summed E-state index contributed by atoms with van der Waals surface area (Å²) in [4.78, 5) is 19.4. The van der Waals surface area contributed by atoms with Gasteiger partial charge in [-0.25, -0.2) is 0 Å². The Bertz CT molecular complexity index is 978. The SMILES string of the molecule is Cc1ccc(O[C@@H]2C[C@@H]3CN(C(=O)c4ccc5c(c4)OCO5)C[C@@H]3C[C@H]2O)c(C)n1. The number of carbonyl (C=O) groups excluding carboxylic acids is 1. The number of hydrogen-bond donors (Lipinski definition) is 1. The van der Waals surface area contributed by atoms with E-state index in [2.05, 4.69) is 4.98 Å². The molecule has 0 spiro atoms. The second-order valence-corrected chi connectivity index (χ2v) is 8.53. The van der Waals surface area contributed by atoms with Gasteiger partial charge in [-0.1, -0.05) is 0 Å². The van der Waals surface area contributed by atoms with Crippen LogP contribution in [0.3, 0.4) is 0 Å². The lowest BCUT2D eigenvalue weighted by Gasteiger charge is -2.35. The first kappa shape index (κ1) is 19.2. The van der Waals surface area contributed by atoms with E-state index in [0.29, 0.717) is 42.5 Å². The predicted octanol–water partition coefficient (Wildman–Crippen LogP) is 2.72. The summed E-state index contributed by atoms with van der Waals surface area (Å²) in [6.07, 6.45) is 0.533. The van der Waals surface area contributed by atoms with Crippen molar-refractivity contribution in [3.05, 3.63) is 47.3 Å². The van der Waals surface area contributed by atoms with Crippen LogP contribution in [0, 0.1) is 25.7 Å². The van der Waals surface area contributed by atoms with Gasteiger partial charge < -0.3 is 24.2 Å². The van der Waals surface area contributed by atoms with Gasteiger partial charge in [0.15, 0.2) is 11.5 Å². The van der Waals surface area contributed by atoms with Crippen LogP contribution in [-0.2, 0) is 0 Å². The molecular weight excluding hydrogens is 384 g/mol. The van der Waals surface area contributed by atoms with Crippen molar-refractivity contribution in [1.82, 2.24) is 9.88 Å². The van der Waals surface area contributed by atoms with Crippen LogP contribution in [-0.4, -0.2) is 53.0 Å². The predicted molar refractivity (Wildman–Crippen MR) is 109 cm³/mol. The van der Waals surface area contributed by atoms with Gasteiger partial charge in [0.25, 0.3) is 5.91 Å². The summed E-state index contributed by atoms with van der Waals surface area (Å²) in [5.74, 6) is 2.60. The van der Waals surface area contributed by atoms with E-state index in [4.69, 9.17) is 14.2 Å². The smallest absolute Gasteiger partial charge is 0.254 e. The third-order valence-electron chi connectivity index (χ3n) is 6.45. The summed E-state index contributed by atoms with van der Waals surface area (Å²) in [6, 6.07) is 9.15. The minimum atomic E-state index is -0.549. The van der Waals surface area contributed by atoms with Gasteiger partial charge in [-0.2, -0.15) is 0 Å². The van der Waals surface area contributed by atoms with Crippen LogP contribution in [0.1, 0.15) is 34.6 Å². The van der Waals surface area contributed by atoms with Crippen molar-refractivity contribution in [3.8, 4) is 17.2 Å². The number of aliphatic hydroxyl groups is 1. The monoisotopic (exact) mass is 410 g/mol. The van der Waals surface area contributed by atoms with Crippen molar-refractivity contribution in [3.63, 3.8) is 0 Å². The summed E-state index contributed by atoms with van der Waals surface area (Å²) in [6.45, 7) is 5.39. The highest BCUT2D eigenvalue weighted by atomic mass is 16.7. The molecular formula is C23H26N2O5. The van der Waals surface area contributed by atoms with E-state index in [0.717, 1.165) is 23.6 Å². The maximum absolute atomic E-state index is 13.0. The number of nitrogens with zero attached hydrogens (tertiary/aromatic N) is 2. The number of likely N-dealkylation sites (tertiary alicyclic amines) is 1. The van der Waals surface area contributed by atoms with Crippen LogP contribution >= 0.6 is 0 Å². The maximum atomic E-state index is 13.0. The first-order valence-electron chi connectivity index (χ1n) is 10.5. The lowest BCUT2D eigenvalue weighted by Crippen LogP contribution is -2.42. The molecule has 3 heterocycles. The Hall–Kier alpha value is -2.80. The molecule has 2 fully saturated rings. The summed E-state index contributed by atoms with van der Waals surface area (Å²) in [5, 5.41) is 10.7. The first-order valence-corrected chi connectivity index (χ1v) is 10.5. The molecule has 1 aromatic carbocycles. The van der Waals surface area contributed by atoms with Gasteiger partial charge in [-0.05, 0) is 68.9 Å². The van der Waals surface area contributed by atoms with Crippen LogP contribution in [0.2, 0.25) is 0 Å². The fourth-order valence-corrected chi connectivity index (χ4v) is 4.86. The van der Waals surface area contributed by atoms with Gasteiger partial charge in [0.2, 0.25) is 6.79 Å². The molecule has 30 heavy (non-hydrogen) atoms. The average molecular weight is 410 g/mol. The molecule has 1 amide bonds. The average Bonchev–Trinajstić information content (AvgIpc) is 3.35. The number of benzene rings is 1. The number of ether oxygens (including phenoxy) is 3. The topological polar surface area (TPSA) is 81.1 Å². The molecule has 3 aliphatic rings. The van der Waals surface area contributed by atoms with Gasteiger partial charge >= 0.3 is 0 Å². The van der Waals surface area contributed by atoms with Crippen molar-refractivity contribution < 1.29 is 24.1 Å². The van der Waals surface area contributed by atoms with E-state index >= 15 is 0 Å². The number of fused-ring (bicyclic) bond motifs is 2. The van der Waals surface area contributed by atoms with Gasteiger partial charge in [0, 0.05) is 24.3 Å². The van der Waals surface area contributed by atoms with Crippen LogP contribution in [0.5, 0.6) is 17.2 Å². The number of amides is 1. The van der Waals surface area contributed by atoms with Gasteiger partial charge in [-0.15, -0.1) is 0 Å². The number of pyridine rings is 1. The first-order chi connectivity index (χ1) is 14.5. The number of carbonyl (C=O) groups is 1. The van der Waals surface area contributed by atoms with Crippen LogP contribution in [0.15, 0.2) is 30.3 Å². The molecule has 1 saturated carbocycles. The minimum Gasteiger partial charge on any atom is -0.486 e. The second kappa shape index (κ2) is 7.47. The summed E-state index contributed by atoms with van der Waals surface area (Å²) in [7, 11) is 0. The molecule has 0 radical (unpaired) electrons. The molecule has 0 unspecified atom stereocenters. The quantitative estimate of drug-likeness (QED) is 0.838. The maximum Gasteiger partial charge on any atom is 0.254 e. The van der Waals surface area contributed by atoms with Crippen LogP contribution < -0.4 is 14.2 Å². The second-order valence-electron chi connectivity index (χ2n) is 8.53. The number of hydrogen-bond acceptors (Lipinski definition) is 6. The van der Waals surface area contributed by atoms with Crippen molar-refractivity contribution in [2.24, 2.45) is 11.8 Å². The highest BCUT2D eigenvalue weighted by Crippen LogP contribution is 2.39. The zero-order valence-corrected chi connectivity index (χ0v) is 17.2. The molecule has 1 aliphatic carbocycles. The van der Waals surface area contributed by atoms with Crippen molar-refractivity contribution in [2.45, 2.75) is 38.9 Å². The lowest BCUT2D eigenvalue weighted by molar-refractivity contribution is -0.0236. The highest BCUT2D eigenvalue weighted by Gasteiger charge is 2.44. The molecule has 1 saturated heterocycles. The lowest BCUT2D eigenvalue weighted by atomic mass is 9.78. The van der Waals surface area contributed by atoms with Gasteiger partial charge in [0.05, 0.1) is 11.8 Å². The molecule has 7 nitrogen and oxygen atoms in total. The van der Waals surface area contributed by atoms with E-state index in [9.17, 15) is 9.90 Å². The summed E-state index contributed by atoms with van der Waals surface area (Å²) in [5.41, 5.74) is 2.38. The van der Waals surface area contributed by atoms with Crippen molar-refractivity contribution >= 4 is 5.91 Å². The van der Waals surface area contributed by atoms with E-state index in [1.165, 1.54) is 0 Å². The molecule has 7 heteroatoms. The molecule has 4 atom stereocenters. The van der Waals surface area contributed by atoms with Gasteiger partial charge in [0.1, 0.15) is 11.9 Å². The van der Waals surface area contributed by atoms with E-state index < -0.39 is 6.10 Å². The zero-order valence-electron chi connectivity index (χ0n) is 17.2. The Morgan fingerprint density at radius 1 is 1.10 bits per heavy atom. The summed E-state index contributed by atoms with van der Waals surface area (Å²) >= 11 is 0. The Morgan fingerprint density at radius 2 is 1.87 bits per heavy atom. The third-order valence-corrected chi connectivity index (χ3v) is 6.45. The Kier molecular flexibility index (Phi) is 4.77. The number of aromatic nitrogens is 1. The van der Waals surface area contributed by atoms with E-state index in [1.807, 2.05) is 30.9 Å². The molecule has 1 N–H and O–H groups in total. The fourth-order valence-electron chi connectivity index (χ4n) is 4.86. The van der Waals surface area contributed by atoms with Crippen LogP contribution in [0.4, 0.5) is 0 Å². The van der Waals surface area contributed by atoms with Crippen molar-refractivity contribution in [2.75, 3.05) is 19.9 Å². The van der Waals surface area contributed by atoms with Crippen molar-refractivity contribution in [1.29, 1.82) is 0 Å². The molecule has 5 rings (SSSR count).